The van der Waals surface area contributed by atoms with Crippen molar-refractivity contribution in [2.24, 2.45) is 0 Å². The van der Waals surface area contributed by atoms with Crippen LogP contribution in [0.15, 0.2) is 16.4 Å². The molecule has 1 saturated heterocycles. The van der Waals surface area contributed by atoms with E-state index in [-0.39, 0.29) is 24.4 Å². The molecule has 1 fully saturated rings. The maximum Gasteiger partial charge on any atom is 0.337 e. The lowest BCUT2D eigenvalue weighted by molar-refractivity contribution is -0.137. The van der Waals surface area contributed by atoms with E-state index in [2.05, 4.69) is 0 Å². The molecule has 1 aromatic rings. The van der Waals surface area contributed by atoms with E-state index in [1.807, 2.05) is 0 Å². The Labute approximate surface area is 139 Å². The van der Waals surface area contributed by atoms with Gasteiger partial charge in [-0.2, -0.15) is 0 Å². The Bertz CT molecular complexity index is 679. The summed E-state index contributed by atoms with van der Waals surface area (Å²) in [4.78, 5) is 36.0. The van der Waals surface area contributed by atoms with Crippen LogP contribution in [0.2, 0.25) is 0 Å². The predicted molar refractivity (Wildman–Crippen MR) is 88.0 cm³/mol. The number of carbonyl (C=O) groups is 3. The molecule has 6 nitrogen and oxygen atoms in total. The van der Waals surface area contributed by atoms with Gasteiger partial charge in [-0.05, 0) is 23.9 Å². The normalized spacial score (nSPS) is 16.5. The van der Waals surface area contributed by atoms with Crippen LogP contribution in [0, 0.1) is 0 Å². The quantitative estimate of drug-likeness (QED) is 0.596. The van der Waals surface area contributed by atoms with E-state index in [4.69, 9.17) is 22.4 Å². The Morgan fingerprint density at radius 1 is 1.36 bits per heavy atom. The highest BCUT2D eigenvalue weighted by atomic mass is 32.2. The summed E-state index contributed by atoms with van der Waals surface area (Å²) >= 11 is 7.44. The molecular weight excluding hydrogens is 346 g/mol. The molecule has 1 aromatic heterocycles. The minimum Gasteiger partial charge on any atom is -0.481 e. The number of carboxylic acid groups (broad SMARTS) is 2. The van der Waals surface area contributed by atoms with Crippen LogP contribution in [0.25, 0.3) is 6.08 Å². The third kappa shape index (κ3) is 3.73. The Morgan fingerprint density at radius 3 is 2.73 bits per heavy atom. The standard InChI is InChI=1S/C13H11NO5S3/c15-10(16)2-1-4-14-11(17)9(22-13(14)20)6-8-7(12(18)19)3-5-21-8/h3,5-6H,1-2,4H2,(H,15,16)(H,18,19)/b9-6+. The number of thiophene rings is 1. The highest BCUT2D eigenvalue weighted by Crippen LogP contribution is 2.34. The Kier molecular flexibility index (Phi) is 5.33. The molecule has 0 bridgehead atoms. The van der Waals surface area contributed by atoms with Gasteiger partial charge in [-0.25, -0.2) is 4.79 Å². The number of thioether (sulfide) groups is 1. The van der Waals surface area contributed by atoms with E-state index in [1.165, 1.54) is 28.4 Å². The minimum absolute atomic E-state index is 0.0375. The summed E-state index contributed by atoms with van der Waals surface area (Å²) in [5, 5.41) is 19.3. The van der Waals surface area contributed by atoms with E-state index in [1.54, 1.807) is 5.38 Å². The second-order valence-electron chi connectivity index (χ2n) is 4.33. The van der Waals surface area contributed by atoms with Crippen molar-refractivity contribution in [3.63, 3.8) is 0 Å². The molecule has 2 N–H and O–H groups in total. The second kappa shape index (κ2) is 7.03. The Hall–Kier alpha value is -1.71. The molecule has 0 atom stereocenters. The summed E-state index contributed by atoms with van der Waals surface area (Å²) in [6.07, 6.45) is 1.79. The average molecular weight is 357 g/mol. The van der Waals surface area contributed by atoms with Crippen LogP contribution in [-0.4, -0.2) is 43.8 Å². The van der Waals surface area contributed by atoms with Gasteiger partial charge in [0.15, 0.2) is 0 Å². The Balaban J connectivity index is 2.13. The first kappa shape index (κ1) is 16.7. The zero-order valence-corrected chi connectivity index (χ0v) is 13.6. The van der Waals surface area contributed by atoms with E-state index in [0.717, 1.165) is 11.8 Å². The van der Waals surface area contributed by atoms with E-state index < -0.39 is 11.9 Å². The van der Waals surface area contributed by atoms with Crippen molar-refractivity contribution in [3.05, 3.63) is 26.8 Å². The average Bonchev–Trinajstić information content (AvgIpc) is 2.99. The molecule has 0 aliphatic carbocycles. The largest absolute Gasteiger partial charge is 0.481 e. The zero-order chi connectivity index (χ0) is 16.3. The van der Waals surface area contributed by atoms with Crippen LogP contribution >= 0.6 is 35.3 Å². The lowest BCUT2D eigenvalue weighted by atomic mass is 10.2. The van der Waals surface area contributed by atoms with Crippen molar-refractivity contribution in [1.82, 2.24) is 4.90 Å². The van der Waals surface area contributed by atoms with Crippen molar-refractivity contribution in [2.45, 2.75) is 12.8 Å². The van der Waals surface area contributed by atoms with Crippen molar-refractivity contribution in [2.75, 3.05) is 6.54 Å². The van der Waals surface area contributed by atoms with Gasteiger partial charge in [0.25, 0.3) is 5.91 Å². The molecule has 0 saturated carbocycles. The fourth-order valence-corrected chi connectivity index (χ4v) is 3.99. The van der Waals surface area contributed by atoms with Crippen LogP contribution in [0.3, 0.4) is 0 Å². The number of rotatable bonds is 6. The van der Waals surface area contributed by atoms with Gasteiger partial charge in [0.2, 0.25) is 0 Å². The first-order valence-electron chi connectivity index (χ1n) is 6.18. The highest BCUT2D eigenvalue weighted by molar-refractivity contribution is 8.26. The van der Waals surface area contributed by atoms with Gasteiger partial charge in [-0.15, -0.1) is 11.3 Å². The van der Waals surface area contributed by atoms with Gasteiger partial charge < -0.3 is 10.2 Å². The number of thiocarbonyl (C=S) groups is 1. The van der Waals surface area contributed by atoms with Gasteiger partial charge in [0, 0.05) is 17.8 Å². The molecule has 22 heavy (non-hydrogen) atoms. The molecule has 1 amide bonds. The van der Waals surface area contributed by atoms with Crippen molar-refractivity contribution >= 4 is 63.6 Å². The van der Waals surface area contributed by atoms with E-state index in [0.29, 0.717) is 20.5 Å². The van der Waals surface area contributed by atoms with Crippen LogP contribution < -0.4 is 0 Å². The number of amides is 1. The van der Waals surface area contributed by atoms with Crippen molar-refractivity contribution in [1.29, 1.82) is 0 Å². The molecule has 0 radical (unpaired) electrons. The van der Waals surface area contributed by atoms with Crippen LogP contribution in [0.1, 0.15) is 28.1 Å². The zero-order valence-electron chi connectivity index (χ0n) is 11.1. The molecule has 116 valence electrons. The summed E-state index contributed by atoms with van der Waals surface area (Å²) in [6.45, 7) is 0.241. The summed E-state index contributed by atoms with van der Waals surface area (Å²) in [5.74, 6) is -2.29. The minimum atomic E-state index is -1.05. The monoisotopic (exact) mass is 357 g/mol. The third-order valence-corrected chi connectivity index (χ3v) is 5.08. The fraction of sp³-hybridized carbons (Fsp3) is 0.231. The maximum atomic E-state index is 12.3. The van der Waals surface area contributed by atoms with E-state index in [9.17, 15) is 14.4 Å². The number of carboxylic acids is 2. The summed E-state index contributed by atoms with van der Waals surface area (Å²) < 4.78 is 0.357. The third-order valence-electron chi connectivity index (χ3n) is 2.83. The van der Waals surface area contributed by atoms with Crippen molar-refractivity contribution in [3.8, 4) is 0 Å². The molecule has 0 unspecified atom stereocenters. The first-order valence-corrected chi connectivity index (χ1v) is 8.28. The van der Waals surface area contributed by atoms with Crippen LogP contribution in [-0.2, 0) is 9.59 Å². The molecule has 1 aliphatic heterocycles. The smallest absolute Gasteiger partial charge is 0.337 e. The van der Waals surface area contributed by atoms with Gasteiger partial charge >= 0.3 is 11.9 Å². The summed E-state index contributed by atoms with van der Waals surface area (Å²) in [5.41, 5.74) is 0.140. The first-order chi connectivity index (χ1) is 10.4. The van der Waals surface area contributed by atoms with Crippen LogP contribution in [0.4, 0.5) is 0 Å². The second-order valence-corrected chi connectivity index (χ2v) is 6.96. The SMILES string of the molecule is O=C(O)CCCN1C(=O)/C(=C\c2sccc2C(=O)O)SC1=S. The topological polar surface area (TPSA) is 94.9 Å². The van der Waals surface area contributed by atoms with Gasteiger partial charge in [-0.1, -0.05) is 24.0 Å². The fourth-order valence-electron chi connectivity index (χ4n) is 1.81. The molecule has 2 rings (SSSR count). The van der Waals surface area contributed by atoms with E-state index >= 15 is 0 Å². The predicted octanol–water partition coefficient (Wildman–Crippen LogP) is 2.51. The molecule has 1 aliphatic rings. The number of aliphatic carboxylic acids is 1. The van der Waals surface area contributed by atoms with Crippen LogP contribution in [0.5, 0.6) is 0 Å². The molecule has 0 spiro atoms. The number of hydrogen-bond acceptors (Lipinski definition) is 6. The molecule has 2 heterocycles. The summed E-state index contributed by atoms with van der Waals surface area (Å²) in [7, 11) is 0. The molecular formula is C13H11NO5S3. The number of carbonyl (C=O) groups excluding carboxylic acids is 1. The summed E-state index contributed by atoms with van der Waals surface area (Å²) in [6, 6.07) is 1.48. The molecule has 9 heteroatoms. The maximum absolute atomic E-state index is 12.3. The van der Waals surface area contributed by atoms with Gasteiger partial charge in [0.05, 0.1) is 10.5 Å². The number of nitrogens with zero attached hydrogens (tertiary/aromatic N) is 1. The van der Waals surface area contributed by atoms with Gasteiger partial charge in [-0.3, -0.25) is 14.5 Å². The highest BCUT2D eigenvalue weighted by Gasteiger charge is 2.32. The lowest BCUT2D eigenvalue weighted by Gasteiger charge is -2.13. The molecule has 0 aromatic carbocycles. The lowest BCUT2D eigenvalue weighted by Crippen LogP contribution is -2.29. The number of aromatic carboxylic acids is 1. The Morgan fingerprint density at radius 2 is 2.09 bits per heavy atom. The number of hydrogen-bond donors (Lipinski definition) is 2. The van der Waals surface area contributed by atoms with Crippen molar-refractivity contribution < 1.29 is 24.6 Å². The van der Waals surface area contributed by atoms with Gasteiger partial charge in [0.1, 0.15) is 4.32 Å².